The molecule has 0 saturated heterocycles. The van der Waals surface area contributed by atoms with Gasteiger partial charge in [0.2, 0.25) is 0 Å². The number of hydrogen-bond donors (Lipinski definition) is 0. The lowest BCUT2D eigenvalue weighted by molar-refractivity contribution is -0.0267. The van der Waals surface area contributed by atoms with Crippen molar-refractivity contribution >= 4 is 11.6 Å². The van der Waals surface area contributed by atoms with Crippen molar-refractivity contribution in [1.29, 1.82) is 0 Å². The molecule has 1 unspecified atom stereocenters. The molecule has 1 aromatic rings. The van der Waals surface area contributed by atoms with Crippen molar-refractivity contribution in [2.75, 3.05) is 13.2 Å². The maximum absolute atomic E-state index is 6.63. The lowest BCUT2D eigenvalue weighted by Gasteiger charge is -2.36. The molecule has 0 amide bonds. The summed E-state index contributed by atoms with van der Waals surface area (Å²) in [7, 11) is 0. The van der Waals surface area contributed by atoms with Gasteiger partial charge in [0.25, 0.3) is 0 Å². The summed E-state index contributed by atoms with van der Waals surface area (Å²) in [5.74, 6) is 1.61. The van der Waals surface area contributed by atoms with Gasteiger partial charge >= 0.3 is 0 Å². The minimum absolute atomic E-state index is 0.0315. The van der Waals surface area contributed by atoms with Crippen LogP contribution in [-0.2, 0) is 4.74 Å². The van der Waals surface area contributed by atoms with Crippen LogP contribution in [0, 0.1) is 12.8 Å². The third-order valence-corrected chi connectivity index (χ3v) is 4.35. The Kier molecular flexibility index (Phi) is 5.74. The van der Waals surface area contributed by atoms with Crippen molar-refractivity contribution in [3.8, 4) is 5.75 Å². The standard InChI is InChI=1S/C17H25ClO2/c1-4-19-14-9-13(10-14)11-16(18)15-8-12(3)6-7-17(15)20-5-2/h6-8,13-14,16H,4-5,9-11H2,1-3H3. The third-order valence-electron chi connectivity index (χ3n) is 3.94. The van der Waals surface area contributed by atoms with Crippen molar-refractivity contribution in [2.45, 2.75) is 51.5 Å². The number of hydrogen-bond acceptors (Lipinski definition) is 2. The summed E-state index contributed by atoms with van der Waals surface area (Å²) in [4.78, 5) is 0. The van der Waals surface area contributed by atoms with Crippen molar-refractivity contribution in [3.05, 3.63) is 29.3 Å². The molecule has 2 nitrogen and oxygen atoms in total. The summed E-state index contributed by atoms with van der Waals surface area (Å²) in [6.07, 6.45) is 3.76. The Labute approximate surface area is 127 Å². The first kappa shape index (κ1) is 15.7. The van der Waals surface area contributed by atoms with Gasteiger partial charge < -0.3 is 9.47 Å². The Balaban J connectivity index is 1.95. The molecule has 1 aliphatic rings. The molecule has 1 fully saturated rings. The topological polar surface area (TPSA) is 18.5 Å². The molecule has 2 rings (SSSR count). The Hall–Kier alpha value is -0.730. The summed E-state index contributed by atoms with van der Waals surface area (Å²) in [5, 5.41) is 0.0315. The van der Waals surface area contributed by atoms with Crippen molar-refractivity contribution in [3.63, 3.8) is 0 Å². The van der Waals surface area contributed by atoms with Gasteiger partial charge in [-0.1, -0.05) is 17.7 Å². The minimum Gasteiger partial charge on any atom is -0.494 e. The van der Waals surface area contributed by atoms with Crippen LogP contribution in [0.5, 0.6) is 5.75 Å². The largest absolute Gasteiger partial charge is 0.494 e. The van der Waals surface area contributed by atoms with Crippen LogP contribution in [0.15, 0.2) is 18.2 Å². The molecule has 1 saturated carbocycles. The van der Waals surface area contributed by atoms with Crippen LogP contribution >= 0.6 is 11.6 Å². The van der Waals surface area contributed by atoms with E-state index >= 15 is 0 Å². The second-order valence-electron chi connectivity index (χ2n) is 5.59. The molecule has 0 heterocycles. The fraction of sp³-hybridized carbons (Fsp3) is 0.647. The molecule has 1 atom stereocenters. The zero-order chi connectivity index (χ0) is 14.5. The van der Waals surface area contributed by atoms with E-state index in [0.29, 0.717) is 18.6 Å². The van der Waals surface area contributed by atoms with Crippen LogP contribution in [0.25, 0.3) is 0 Å². The van der Waals surface area contributed by atoms with E-state index in [9.17, 15) is 0 Å². The molecule has 0 N–H and O–H groups in total. The first-order chi connectivity index (χ1) is 9.63. The predicted molar refractivity (Wildman–Crippen MR) is 83.7 cm³/mol. The van der Waals surface area contributed by atoms with E-state index in [2.05, 4.69) is 26.0 Å². The van der Waals surface area contributed by atoms with Gasteiger partial charge in [-0.15, -0.1) is 11.6 Å². The Morgan fingerprint density at radius 1 is 1.25 bits per heavy atom. The van der Waals surface area contributed by atoms with Gasteiger partial charge in [0, 0.05) is 12.2 Å². The van der Waals surface area contributed by atoms with E-state index in [4.69, 9.17) is 21.1 Å². The van der Waals surface area contributed by atoms with E-state index in [1.54, 1.807) is 0 Å². The first-order valence-corrected chi connectivity index (χ1v) is 8.06. The zero-order valence-electron chi connectivity index (χ0n) is 12.7. The molecule has 0 spiro atoms. The lowest BCUT2D eigenvalue weighted by Crippen LogP contribution is -2.31. The summed E-state index contributed by atoms with van der Waals surface area (Å²) in [6.45, 7) is 7.64. The maximum atomic E-state index is 6.63. The average Bonchev–Trinajstić information content (AvgIpc) is 2.38. The highest BCUT2D eigenvalue weighted by molar-refractivity contribution is 6.21. The van der Waals surface area contributed by atoms with Gasteiger partial charge in [-0.2, -0.15) is 0 Å². The van der Waals surface area contributed by atoms with Gasteiger partial charge in [-0.05, 0) is 52.0 Å². The number of benzene rings is 1. The number of ether oxygens (including phenoxy) is 2. The predicted octanol–water partition coefficient (Wildman–Crippen LogP) is 4.88. The van der Waals surface area contributed by atoms with E-state index in [-0.39, 0.29) is 5.38 Å². The van der Waals surface area contributed by atoms with Crippen LogP contribution < -0.4 is 4.74 Å². The summed E-state index contributed by atoms with van der Waals surface area (Å²) >= 11 is 6.63. The van der Waals surface area contributed by atoms with Crippen LogP contribution in [0.1, 0.15) is 49.6 Å². The number of aryl methyl sites for hydroxylation is 1. The molecular formula is C17H25ClO2. The minimum atomic E-state index is 0.0315. The molecule has 20 heavy (non-hydrogen) atoms. The molecule has 0 radical (unpaired) electrons. The van der Waals surface area contributed by atoms with Gasteiger partial charge in [0.05, 0.1) is 18.1 Å². The molecule has 0 aliphatic heterocycles. The van der Waals surface area contributed by atoms with E-state index in [1.165, 1.54) is 5.56 Å². The summed E-state index contributed by atoms with van der Waals surface area (Å²) in [5.41, 5.74) is 2.36. The van der Waals surface area contributed by atoms with Crippen molar-refractivity contribution in [2.24, 2.45) is 5.92 Å². The average molecular weight is 297 g/mol. The van der Waals surface area contributed by atoms with Gasteiger partial charge in [0.15, 0.2) is 0 Å². The first-order valence-electron chi connectivity index (χ1n) is 7.63. The third kappa shape index (κ3) is 3.89. The van der Waals surface area contributed by atoms with E-state index < -0.39 is 0 Å². The fourth-order valence-corrected chi connectivity index (χ4v) is 3.28. The Morgan fingerprint density at radius 2 is 2.00 bits per heavy atom. The number of rotatable bonds is 7. The van der Waals surface area contributed by atoms with E-state index in [1.807, 2.05) is 13.0 Å². The molecular weight excluding hydrogens is 272 g/mol. The van der Waals surface area contributed by atoms with E-state index in [0.717, 1.165) is 37.2 Å². The van der Waals surface area contributed by atoms with Crippen molar-refractivity contribution in [1.82, 2.24) is 0 Å². The molecule has 1 aliphatic carbocycles. The zero-order valence-corrected chi connectivity index (χ0v) is 13.5. The van der Waals surface area contributed by atoms with Crippen LogP contribution in [0.4, 0.5) is 0 Å². The molecule has 112 valence electrons. The molecule has 3 heteroatoms. The highest BCUT2D eigenvalue weighted by Gasteiger charge is 2.31. The fourth-order valence-electron chi connectivity index (χ4n) is 2.86. The van der Waals surface area contributed by atoms with Crippen molar-refractivity contribution < 1.29 is 9.47 Å². The second-order valence-corrected chi connectivity index (χ2v) is 6.12. The van der Waals surface area contributed by atoms with Crippen LogP contribution in [0.3, 0.4) is 0 Å². The Bertz CT molecular complexity index is 427. The summed E-state index contributed by atoms with van der Waals surface area (Å²) < 4.78 is 11.3. The summed E-state index contributed by atoms with van der Waals surface area (Å²) in [6, 6.07) is 6.27. The van der Waals surface area contributed by atoms with Crippen LogP contribution in [0.2, 0.25) is 0 Å². The smallest absolute Gasteiger partial charge is 0.123 e. The highest BCUT2D eigenvalue weighted by atomic mass is 35.5. The van der Waals surface area contributed by atoms with Gasteiger partial charge in [-0.25, -0.2) is 0 Å². The number of alkyl halides is 1. The highest BCUT2D eigenvalue weighted by Crippen LogP contribution is 2.41. The normalized spacial score (nSPS) is 23.2. The monoisotopic (exact) mass is 296 g/mol. The number of halogens is 1. The van der Waals surface area contributed by atoms with Gasteiger partial charge in [0.1, 0.15) is 5.75 Å². The lowest BCUT2D eigenvalue weighted by atomic mass is 9.78. The van der Waals surface area contributed by atoms with Crippen LogP contribution in [-0.4, -0.2) is 19.3 Å². The Morgan fingerprint density at radius 3 is 2.65 bits per heavy atom. The maximum Gasteiger partial charge on any atom is 0.123 e. The quantitative estimate of drug-likeness (QED) is 0.668. The molecule has 0 aromatic heterocycles. The molecule has 1 aromatic carbocycles. The molecule has 0 bridgehead atoms. The SMILES string of the molecule is CCOc1ccc(C)cc1C(Cl)CC1CC(OCC)C1. The second kappa shape index (κ2) is 7.33. The van der Waals surface area contributed by atoms with Gasteiger partial charge in [-0.3, -0.25) is 0 Å².